The molecular formula is C13H21N3O. The quantitative estimate of drug-likeness (QED) is 0.869. The number of aromatic nitrogens is 1. The molecule has 4 heteroatoms. The third-order valence-electron chi connectivity index (χ3n) is 3.44. The molecule has 0 atom stereocenters. The molecule has 0 unspecified atom stereocenters. The lowest BCUT2D eigenvalue weighted by molar-refractivity contribution is 0.111. The maximum absolute atomic E-state index is 5.90. The maximum Gasteiger partial charge on any atom is 0.138 e. The average Bonchev–Trinajstić information content (AvgIpc) is 2.33. The van der Waals surface area contributed by atoms with Crippen molar-refractivity contribution in [1.29, 1.82) is 0 Å². The predicted octanol–water partition coefficient (Wildman–Crippen LogP) is 1.92. The smallest absolute Gasteiger partial charge is 0.138 e. The second-order valence-corrected chi connectivity index (χ2v) is 4.93. The van der Waals surface area contributed by atoms with E-state index in [9.17, 15) is 0 Å². The molecule has 1 aliphatic carbocycles. The van der Waals surface area contributed by atoms with Crippen molar-refractivity contribution in [3.63, 3.8) is 0 Å². The lowest BCUT2D eigenvalue weighted by Crippen LogP contribution is -2.35. The highest BCUT2D eigenvalue weighted by atomic mass is 16.5. The number of ether oxygens (including phenoxy) is 1. The molecule has 0 aliphatic heterocycles. The van der Waals surface area contributed by atoms with E-state index in [2.05, 4.69) is 24.0 Å². The molecule has 2 rings (SSSR count). The van der Waals surface area contributed by atoms with E-state index in [1.54, 1.807) is 12.3 Å². The Morgan fingerprint density at radius 2 is 1.94 bits per heavy atom. The van der Waals surface area contributed by atoms with Crippen molar-refractivity contribution >= 4 is 5.82 Å². The van der Waals surface area contributed by atoms with E-state index < -0.39 is 0 Å². The van der Waals surface area contributed by atoms with E-state index in [-0.39, 0.29) is 0 Å². The Morgan fingerprint density at radius 3 is 2.47 bits per heavy atom. The van der Waals surface area contributed by atoms with E-state index in [4.69, 9.17) is 10.5 Å². The van der Waals surface area contributed by atoms with Crippen LogP contribution in [0.4, 0.5) is 5.82 Å². The molecule has 0 bridgehead atoms. The molecule has 0 amide bonds. The first-order valence-electron chi connectivity index (χ1n) is 6.20. The molecule has 1 aromatic rings. The summed E-state index contributed by atoms with van der Waals surface area (Å²) in [5.74, 6) is 1.36. The lowest BCUT2D eigenvalue weighted by atomic mass is 9.92. The minimum absolute atomic E-state index is 0.330. The molecule has 0 saturated heterocycles. The molecule has 0 aromatic carbocycles. The third-order valence-corrected chi connectivity index (χ3v) is 3.44. The van der Waals surface area contributed by atoms with Gasteiger partial charge in [0.25, 0.3) is 0 Å². The molecule has 2 N–H and O–H groups in total. The van der Waals surface area contributed by atoms with Gasteiger partial charge in [-0.2, -0.15) is 0 Å². The van der Waals surface area contributed by atoms with Crippen LogP contribution >= 0.6 is 0 Å². The van der Waals surface area contributed by atoms with Gasteiger partial charge in [0, 0.05) is 6.04 Å². The summed E-state index contributed by atoms with van der Waals surface area (Å²) in [6.45, 7) is 0. The van der Waals surface area contributed by atoms with Gasteiger partial charge < -0.3 is 15.4 Å². The first kappa shape index (κ1) is 12.2. The van der Waals surface area contributed by atoms with Gasteiger partial charge in [-0.1, -0.05) is 0 Å². The monoisotopic (exact) mass is 235 g/mol. The van der Waals surface area contributed by atoms with Crippen molar-refractivity contribution in [2.24, 2.45) is 0 Å². The summed E-state index contributed by atoms with van der Waals surface area (Å²) in [5, 5.41) is 0. The normalized spacial score (nSPS) is 24.9. The minimum Gasteiger partial charge on any atom is -0.489 e. The summed E-state index contributed by atoms with van der Waals surface area (Å²) < 4.78 is 5.90. The van der Waals surface area contributed by atoms with Crippen LogP contribution in [0.15, 0.2) is 18.3 Å². The van der Waals surface area contributed by atoms with Crippen LogP contribution in [0, 0.1) is 0 Å². The van der Waals surface area contributed by atoms with E-state index in [0.29, 0.717) is 18.0 Å². The second-order valence-electron chi connectivity index (χ2n) is 4.93. The topological polar surface area (TPSA) is 51.4 Å². The van der Waals surface area contributed by atoms with Gasteiger partial charge in [0.1, 0.15) is 11.6 Å². The van der Waals surface area contributed by atoms with E-state index in [0.717, 1.165) is 18.6 Å². The van der Waals surface area contributed by atoms with Crippen molar-refractivity contribution in [2.45, 2.75) is 37.8 Å². The van der Waals surface area contributed by atoms with Gasteiger partial charge in [0.2, 0.25) is 0 Å². The molecule has 1 fully saturated rings. The number of hydrogen-bond acceptors (Lipinski definition) is 4. The van der Waals surface area contributed by atoms with Crippen molar-refractivity contribution in [3.05, 3.63) is 18.3 Å². The number of anilines is 1. The first-order valence-corrected chi connectivity index (χ1v) is 6.20. The summed E-state index contributed by atoms with van der Waals surface area (Å²) in [6.07, 6.45) is 6.69. The standard InChI is InChI=1S/C13H21N3O/c1-16(2)10-3-5-11(6-4-10)17-12-7-8-13(14)15-9-12/h7-11H,3-6H2,1-2H3,(H2,14,15). The highest BCUT2D eigenvalue weighted by Crippen LogP contribution is 2.25. The Kier molecular flexibility index (Phi) is 3.84. The summed E-state index contributed by atoms with van der Waals surface area (Å²) in [4.78, 5) is 6.34. The van der Waals surface area contributed by atoms with E-state index in [1.807, 2.05) is 6.07 Å². The molecule has 0 radical (unpaired) electrons. The summed E-state index contributed by atoms with van der Waals surface area (Å²) >= 11 is 0. The lowest BCUT2D eigenvalue weighted by Gasteiger charge is -2.32. The van der Waals surface area contributed by atoms with Crippen LogP contribution in [0.2, 0.25) is 0 Å². The van der Waals surface area contributed by atoms with Crippen LogP contribution in [0.5, 0.6) is 5.75 Å². The van der Waals surface area contributed by atoms with Crippen LogP contribution in [0.3, 0.4) is 0 Å². The molecule has 17 heavy (non-hydrogen) atoms. The number of nitrogen functional groups attached to an aromatic ring is 1. The largest absolute Gasteiger partial charge is 0.489 e. The molecular weight excluding hydrogens is 214 g/mol. The Labute approximate surface area is 103 Å². The molecule has 1 aliphatic rings. The number of nitrogens with two attached hydrogens (primary N) is 1. The minimum atomic E-state index is 0.330. The molecule has 4 nitrogen and oxygen atoms in total. The zero-order chi connectivity index (χ0) is 12.3. The van der Waals surface area contributed by atoms with Crippen LogP contribution < -0.4 is 10.5 Å². The highest BCUT2D eigenvalue weighted by molar-refractivity contribution is 5.32. The zero-order valence-electron chi connectivity index (χ0n) is 10.6. The van der Waals surface area contributed by atoms with Crippen LogP contribution in [-0.2, 0) is 0 Å². The van der Waals surface area contributed by atoms with Gasteiger partial charge in [0.05, 0.1) is 12.3 Å². The predicted molar refractivity (Wildman–Crippen MR) is 69.0 cm³/mol. The highest BCUT2D eigenvalue weighted by Gasteiger charge is 2.23. The molecule has 0 spiro atoms. The average molecular weight is 235 g/mol. The molecule has 1 saturated carbocycles. The maximum atomic E-state index is 5.90. The number of hydrogen-bond donors (Lipinski definition) is 1. The van der Waals surface area contributed by atoms with E-state index >= 15 is 0 Å². The Hall–Kier alpha value is -1.29. The van der Waals surface area contributed by atoms with Gasteiger partial charge >= 0.3 is 0 Å². The van der Waals surface area contributed by atoms with Gasteiger partial charge in [-0.3, -0.25) is 0 Å². The van der Waals surface area contributed by atoms with Crippen LogP contribution in [0.1, 0.15) is 25.7 Å². The fraction of sp³-hybridized carbons (Fsp3) is 0.615. The summed E-state index contributed by atoms with van der Waals surface area (Å²) in [7, 11) is 4.30. The molecule has 94 valence electrons. The fourth-order valence-electron chi connectivity index (χ4n) is 2.33. The van der Waals surface area contributed by atoms with Gasteiger partial charge in [-0.05, 0) is 51.9 Å². The van der Waals surface area contributed by atoms with Gasteiger partial charge in [-0.15, -0.1) is 0 Å². The molecule has 1 heterocycles. The van der Waals surface area contributed by atoms with E-state index in [1.165, 1.54) is 12.8 Å². The van der Waals surface area contributed by atoms with Gasteiger partial charge in [-0.25, -0.2) is 4.98 Å². The number of nitrogens with zero attached hydrogens (tertiary/aromatic N) is 2. The number of pyridine rings is 1. The Bertz CT molecular complexity index is 342. The zero-order valence-corrected chi connectivity index (χ0v) is 10.6. The Balaban J connectivity index is 1.84. The Morgan fingerprint density at radius 1 is 1.24 bits per heavy atom. The third kappa shape index (κ3) is 3.33. The van der Waals surface area contributed by atoms with Crippen LogP contribution in [-0.4, -0.2) is 36.1 Å². The van der Waals surface area contributed by atoms with Gasteiger partial charge in [0.15, 0.2) is 0 Å². The van der Waals surface area contributed by atoms with Crippen molar-refractivity contribution in [1.82, 2.24) is 9.88 Å². The van der Waals surface area contributed by atoms with Crippen molar-refractivity contribution in [3.8, 4) is 5.75 Å². The molecule has 1 aromatic heterocycles. The SMILES string of the molecule is CN(C)C1CCC(Oc2ccc(N)nc2)CC1. The van der Waals surface area contributed by atoms with Crippen LogP contribution in [0.25, 0.3) is 0 Å². The summed E-state index contributed by atoms with van der Waals surface area (Å²) in [5.41, 5.74) is 5.54. The fourth-order valence-corrected chi connectivity index (χ4v) is 2.33. The van der Waals surface area contributed by atoms with Crippen molar-refractivity contribution in [2.75, 3.05) is 19.8 Å². The first-order chi connectivity index (χ1) is 8.15. The second kappa shape index (κ2) is 5.36. The van der Waals surface area contributed by atoms with Crippen molar-refractivity contribution < 1.29 is 4.74 Å². The summed E-state index contributed by atoms with van der Waals surface area (Å²) in [6, 6.07) is 4.38. The number of rotatable bonds is 3.